The van der Waals surface area contributed by atoms with Crippen LogP contribution in [0.2, 0.25) is 0 Å². The molecule has 2 bridgehead atoms. The second kappa shape index (κ2) is 7.21. The van der Waals surface area contributed by atoms with Gasteiger partial charge in [0.05, 0.1) is 5.41 Å². The third-order valence-corrected chi connectivity index (χ3v) is 7.69. The van der Waals surface area contributed by atoms with E-state index in [0.29, 0.717) is 17.4 Å². The van der Waals surface area contributed by atoms with Crippen LogP contribution >= 0.6 is 0 Å². The Hall–Kier alpha value is -2.64. The molecule has 0 spiro atoms. The maximum atomic E-state index is 15.0. The van der Waals surface area contributed by atoms with Gasteiger partial charge in [-0.3, -0.25) is 14.5 Å². The van der Waals surface area contributed by atoms with Crippen LogP contribution in [0.3, 0.4) is 0 Å². The van der Waals surface area contributed by atoms with Crippen molar-refractivity contribution in [3.63, 3.8) is 0 Å². The first-order valence-corrected chi connectivity index (χ1v) is 10.8. The van der Waals surface area contributed by atoms with E-state index < -0.39 is 16.8 Å². The van der Waals surface area contributed by atoms with E-state index in [-0.39, 0.29) is 30.0 Å². The molecule has 0 radical (unpaired) electrons. The van der Waals surface area contributed by atoms with E-state index in [1.807, 2.05) is 0 Å². The molecular weight excluding hydrogens is 399 g/mol. The van der Waals surface area contributed by atoms with Gasteiger partial charge >= 0.3 is 5.97 Å². The molecule has 7 nitrogen and oxygen atoms in total. The molecular formula is C23H31FN4O3. The second-order valence-corrected chi connectivity index (χ2v) is 9.85. The monoisotopic (exact) mass is 430 g/mol. The predicted octanol–water partition coefficient (Wildman–Crippen LogP) is 3.00. The van der Waals surface area contributed by atoms with Crippen molar-refractivity contribution in [2.24, 2.45) is 28.0 Å². The quantitative estimate of drug-likeness (QED) is 0.716. The van der Waals surface area contributed by atoms with Crippen molar-refractivity contribution in [1.82, 2.24) is 4.90 Å². The number of halogens is 1. The first-order chi connectivity index (χ1) is 14.4. The number of aliphatic imine (C=N–C) groups is 1. The molecule has 4 rings (SSSR count). The SMILES string of the molecule is CC(=O)OC1CC2CC1CC2Nc1ccc(F)c([C@@]2(C)N=C(N)N(C)C(=O)C2(C)C)c1. The summed E-state index contributed by atoms with van der Waals surface area (Å²) in [7, 11) is 1.58. The number of guanidine groups is 1. The number of benzene rings is 1. The minimum absolute atomic E-state index is 0.00610. The number of rotatable bonds is 4. The van der Waals surface area contributed by atoms with Gasteiger partial charge in [0.15, 0.2) is 5.96 Å². The average Bonchev–Trinajstić information content (AvgIpc) is 3.26. The van der Waals surface area contributed by atoms with Gasteiger partial charge in [0.1, 0.15) is 17.5 Å². The number of fused-ring (bicyclic) bond motifs is 2. The highest BCUT2D eigenvalue weighted by atomic mass is 19.1. The van der Waals surface area contributed by atoms with Crippen LogP contribution in [0.1, 0.15) is 52.5 Å². The third kappa shape index (κ3) is 3.36. The molecule has 5 atom stereocenters. The molecule has 3 N–H and O–H groups in total. The molecule has 2 fully saturated rings. The number of ether oxygens (including phenoxy) is 1. The van der Waals surface area contributed by atoms with Crippen LogP contribution in [0.25, 0.3) is 0 Å². The maximum Gasteiger partial charge on any atom is 0.302 e. The van der Waals surface area contributed by atoms with Gasteiger partial charge in [0, 0.05) is 31.3 Å². The fourth-order valence-electron chi connectivity index (χ4n) is 5.53. The van der Waals surface area contributed by atoms with Crippen molar-refractivity contribution in [2.75, 3.05) is 12.4 Å². The summed E-state index contributed by atoms with van der Waals surface area (Å²) in [4.78, 5) is 30.1. The lowest BCUT2D eigenvalue weighted by atomic mass is 9.67. The predicted molar refractivity (Wildman–Crippen MR) is 116 cm³/mol. The molecule has 1 amide bonds. The number of anilines is 1. The van der Waals surface area contributed by atoms with Crippen LogP contribution in [0.15, 0.2) is 23.2 Å². The van der Waals surface area contributed by atoms with E-state index in [1.165, 1.54) is 17.9 Å². The molecule has 168 valence electrons. The number of amides is 1. The number of carbonyl (C=O) groups is 2. The van der Waals surface area contributed by atoms with Crippen molar-refractivity contribution in [1.29, 1.82) is 0 Å². The third-order valence-electron chi connectivity index (χ3n) is 7.69. The molecule has 1 aromatic carbocycles. The average molecular weight is 431 g/mol. The lowest BCUT2D eigenvalue weighted by Crippen LogP contribution is -2.58. The van der Waals surface area contributed by atoms with Crippen molar-refractivity contribution in [3.05, 3.63) is 29.6 Å². The van der Waals surface area contributed by atoms with E-state index in [9.17, 15) is 9.59 Å². The molecule has 4 unspecified atom stereocenters. The zero-order valence-electron chi connectivity index (χ0n) is 18.7. The molecule has 0 saturated heterocycles. The first kappa shape index (κ1) is 21.6. The van der Waals surface area contributed by atoms with Gasteiger partial charge in [-0.05, 0) is 70.1 Å². The zero-order valence-corrected chi connectivity index (χ0v) is 18.7. The number of hydrogen-bond acceptors (Lipinski definition) is 6. The van der Waals surface area contributed by atoms with Crippen LogP contribution in [0.4, 0.5) is 10.1 Å². The normalized spacial score (nSPS) is 33.9. The van der Waals surface area contributed by atoms with Crippen molar-refractivity contribution < 1.29 is 18.7 Å². The highest BCUT2D eigenvalue weighted by Crippen LogP contribution is 2.49. The Labute approximate surface area is 182 Å². The molecule has 3 aliphatic rings. The number of nitrogens with one attached hydrogen (secondary N) is 1. The first-order valence-electron chi connectivity index (χ1n) is 10.8. The fourth-order valence-corrected chi connectivity index (χ4v) is 5.53. The molecule has 31 heavy (non-hydrogen) atoms. The summed E-state index contributed by atoms with van der Waals surface area (Å²) in [5.74, 6) is -0.00213. The van der Waals surface area contributed by atoms with Crippen molar-refractivity contribution in [2.45, 2.75) is 64.6 Å². The molecule has 2 saturated carbocycles. The Bertz CT molecular complexity index is 962. The van der Waals surface area contributed by atoms with Gasteiger partial charge in [0.2, 0.25) is 5.91 Å². The topological polar surface area (TPSA) is 97.0 Å². The summed E-state index contributed by atoms with van der Waals surface area (Å²) in [5, 5.41) is 3.55. The van der Waals surface area contributed by atoms with Crippen LogP contribution in [0.5, 0.6) is 0 Å². The summed E-state index contributed by atoms with van der Waals surface area (Å²) in [6.45, 7) is 6.75. The Kier molecular flexibility index (Phi) is 5.02. The minimum Gasteiger partial charge on any atom is -0.462 e. The van der Waals surface area contributed by atoms with Gasteiger partial charge in [-0.25, -0.2) is 9.38 Å². The van der Waals surface area contributed by atoms with E-state index >= 15 is 4.39 Å². The molecule has 8 heteroatoms. The van der Waals surface area contributed by atoms with E-state index in [0.717, 1.165) is 24.9 Å². The van der Waals surface area contributed by atoms with Gasteiger partial charge in [-0.15, -0.1) is 0 Å². The van der Waals surface area contributed by atoms with E-state index in [1.54, 1.807) is 40.0 Å². The summed E-state index contributed by atoms with van der Waals surface area (Å²) >= 11 is 0. The van der Waals surface area contributed by atoms with Crippen LogP contribution in [0, 0.1) is 23.1 Å². The zero-order chi connectivity index (χ0) is 22.7. The molecule has 1 aromatic rings. The smallest absolute Gasteiger partial charge is 0.302 e. The second-order valence-electron chi connectivity index (χ2n) is 9.85. The summed E-state index contributed by atoms with van der Waals surface area (Å²) in [6.07, 6.45) is 2.79. The molecule has 1 aliphatic heterocycles. The Morgan fingerprint density at radius 3 is 2.58 bits per heavy atom. The van der Waals surface area contributed by atoms with Crippen LogP contribution < -0.4 is 11.1 Å². The lowest BCUT2D eigenvalue weighted by Gasteiger charge is -2.46. The number of carbonyl (C=O) groups excluding carboxylic acids is 2. The minimum atomic E-state index is -1.14. The summed E-state index contributed by atoms with van der Waals surface area (Å²) in [5.41, 5.74) is 5.00. The standard InChI is InChI=1S/C23H31FN4O3/c1-12(29)31-19-10-13-8-14(19)9-18(13)26-15-6-7-17(24)16(11-15)23(4)22(2,3)20(30)28(5)21(25)27-23/h6-7,11,13-14,18-19,26H,8-10H2,1-5H3,(H2,25,27)/t13?,14?,18?,19?,23-/m1/s1. The van der Waals surface area contributed by atoms with Gasteiger partial charge < -0.3 is 15.8 Å². The highest BCUT2D eigenvalue weighted by molar-refractivity contribution is 6.01. The molecule has 0 aromatic heterocycles. The number of nitrogens with two attached hydrogens (primary N) is 1. The largest absolute Gasteiger partial charge is 0.462 e. The lowest BCUT2D eigenvalue weighted by molar-refractivity contribution is -0.148. The van der Waals surface area contributed by atoms with E-state index in [4.69, 9.17) is 10.5 Å². The van der Waals surface area contributed by atoms with Crippen molar-refractivity contribution in [3.8, 4) is 0 Å². The number of esters is 1. The van der Waals surface area contributed by atoms with Gasteiger partial charge in [0.25, 0.3) is 0 Å². The van der Waals surface area contributed by atoms with Crippen LogP contribution in [-0.4, -0.2) is 41.9 Å². The number of hydrogen-bond donors (Lipinski definition) is 2. The Morgan fingerprint density at radius 1 is 1.26 bits per heavy atom. The summed E-state index contributed by atoms with van der Waals surface area (Å²) < 4.78 is 20.5. The molecule has 2 aliphatic carbocycles. The van der Waals surface area contributed by atoms with Gasteiger partial charge in [-0.2, -0.15) is 0 Å². The Balaban J connectivity index is 1.59. The Morgan fingerprint density at radius 2 is 1.97 bits per heavy atom. The number of nitrogens with zero attached hydrogens (tertiary/aromatic N) is 2. The fraction of sp³-hybridized carbons (Fsp3) is 0.609. The van der Waals surface area contributed by atoms with Crippen molar-refractivity contribution >= 4 is 23.5 Å². The summed E-state index contributed by atoms with van der Waals surface area (Å²) in [6, 6.07) is 5.13. The molecule has 1 heterocycles. The maximum absolute atomic E-state index is 15.0. The van der Waals surface area contributed by atoms with Crippen LogP contribution in [-0.2, 0) is 19.9 Å². The highest BCUT2D eigenvalue weighted by Gasteiger charge is 2.54. The van der Waals surface area contributed by atoms with E-state index in [2.05, 4.69) is 10.3 Å². The van der Waals surface area contributed by atoms with Gasteiger partial charge in [-0.1, -0.05) is 0 Å².